The van der Waals surface area contributed by atoms with Gasteiger partial charge in [0.15, 0.2) is 10.8 Å². The zero-order valence-electron chi connectivity index (χ0n) is 17.6. The van der Waals surface area contributed by atoms with Crippen LogP contribution in [0.1, 0.15) is 31.2 Å². The van der Waals surface area contributed by atoms with Gasteiger partial charge in [0.25, 0.3) is 0 Å². The maximum atomic E-state index is 11.5. The summed E-state index contributed by atoms with van der Waals surface area (Å²) in [6.45, 7) is 4.25. The van der Waals surface area contributed by atoms with Crippen molar-refractivity contribution in [2.45, 2.75) is 44.4 Å². The molecule has 1 unspecified atom stereocenters. The van der Waals surface area contributed by atoms with Crippen molar-refractivity contribution in [3.05, 3.63) is 49.8 Å². The first kappa shape index (κ1) is 24.6. The number of aliphatic hydroxyl groups is 1. The van der Waals surface area contributed by atoms with Crippen molar-refractivity contribution in [3.8, 4) is 5.75 Å². The first-order valence-corrected chi connectivity index (χ1v) is 10.7. The number of nitro groups is 2. The van der Waals surface area contributed by atoms with E-state index in [1.54, 1.807) is 23.6 Å². The predicted molar refractivity (Wildman–Crippen MR) is 115 cm³/mol. The Hall–Kier alpha value is -2.70. The summed E-state index contributed by atoms with van der Waals surface area (Å²) in [5.41, 5.74) is 0.412. The molecule has 0 aliphatic heterocycles. The Kier molecular flexibility index (Phi) is 9.21. The number of aryl methyl sites for hydroxylation is 1. The number of unbranched alkanes of at least 4 members (excludes halogenated alkanes) is 1. The van der Waals surface area contributed by atoms with E-state index >= 15 is 0 Å². The van der Waals surface area contributed by atoms with Crippen LogP contribution >= 0.6 is 11.8 Å². The Morgan fingerprint density at radius 2 is 2.03 bits per heavy atom. The highest BCUT2D eigenvalue weighted by molar-refractivity contribution is 7.99. The third kappa shape index (κ3) is 6.64. The van der Waals surface area contributed by atoms with Crippen LogP contribution in [0.3, 0.4) is 0 Å². The summed E-state index contributed by atoms with van der Waals surface area (Å²) in [7, 11) is 1.45. The number of hydrogen-bond donors (Lipinski definition) is 1. The molecule has 0 bridgehead atoms. The lowest BCUT2D eigenvalue weighted by atomic mass is 10.2. The van der Waals surface area contributed by atoms with Crippen LogP contribution in [-0.4, -0.2) is 56.7 Å². The first-order valence-electron chi connectivity index (χ1n) is 9.69. The summed E-state index contributed by atoms with van der Waals surface area (Å²) < 4.78 is 12.0. The SMILES string of the molecule is CCCCOc1ccc(Cn2c(C)nc([N+](=O)[O-])c2SCC(O)COC)cc1[N+](=O)[O-]. The van der Waals surface area contributed by atoms with Crippen LogP contribution < -0.4 is 4.74 Å². The van der Waals surface area contributed by atoms with E-state index in [2.05, 4.69) is 4.98 Å². The van der Waals surface area contributed by atoms with Gasteiger partial charge in [0, 0.05) is 25.9 Å². The number of thioether (sulfide) groups is 1. The third-order valence-electron chi connectivity index (χ3n) is 4.36. The molecule has 1 atom stereocenters. The summed E-state index contributed by atoms with van der Waals surface area (Å²) >= 11 is 1.09. The fourth-order valence-corrected chi connectivity index (χ4v) is 3.88. The van der Waals surface area contributed by atoms with E-state index in [0.29, 0.717) is 18.0 Å². The lowest BCUT2D eigenvalue weighted by molar-refractivity contribution is -0.392. The van der Waals surface area contributed by atoms with Crippen molar-refractivity contribution in [3.63, 3.8) is 0 Å². The fourth-order valence-electron chi connectivity index (χ4n) is 2.83. The molecule has 1 aromatic carbocycles. The minimum absolute atomic E-state index is 0.0968. The molecule has 0 saturated carbocycles. The summed E-state index contributed by atoms with van der Waals surface area (Å²) in [5, 5.41) is 33.1. The number of aromatic nitrogens is 2. The van der Waals surface area contributed by atoms with Gasteiger partial charge in [0.1, 0.15) is 0 Å². The average Bonchev–Trinajstić information content (AvgIpc) is 3.03. The van der Waals surface area contributed by atoms with Gasteiger partial charge >= 0.3 is 11.5 Å². The lowest BCUT2D eigenvalue weighted by Gasteiger charge is -2.12. The molecular weight excluding hydrogens is 428 g/mol. The quantitative estimate of drug-likeness (QED) is 0.208. The minimum Gasteiger partial charge on any atom is -0.487 e. The molecule has 0 radical (unpaired) electrons. The number of nitro benzene ring substituents is 1. The van der Waals surface area contributed by atoms with Crippen molar-refractivity contribution in [2.75, 3.05) is 26.1 Å². The van der Waals surface area contributed by atoms with Crippen LogP contribution in [-0.2, 0) is 11.3 Å². The highest BCUT2D eigenvalue weighted by Crippen LogP contribution is 2.33. The van der Waals surface area contributed by atoms with Gasteiger partial charge in [-0.15, -0.1) is 0 Å². The Balaban J connectivity index is 2.33. The normalized spacial score (nSPS) is 12.0. The Labute approximate surface area is 183 Å². The standard InChI is InChI=1S/C19H26N4O7S/c1-4-5-8-30-17-7-6-14(9-16(17)22(25)26)10-21-13(2)20-18(23(27)28)19(21)31-12-15(24)11-29-3/h6-7,9,15,24H,4-5,8,10-12H2,1-3H3. The number of imidazole rings is 1. The molecule has 11 nitrogen and oxygen atoms in total. The molecule has 0 fully saturated rings. The second kappa shape index (κ2) is 11.6. The number of hydrogen-bond acceptors (Lipinski definition) is 9. The molecule has 1 N–H and O–H groups in total. The van der Waals surface area contributed by atoms with Gasteiger partial charge in [-0.05, 0) is 28.0 Å². The van der Waals surface area contributed by atoms with E-state index in [1.807, 2.05) is 6.92 Å². The molecule has 0 spiro atoms. The topological polar surface area (TPSA) is 143 Å². The number of benzene rings is 1. The third-order valence-corrected chi connectivity index (χ3v) is 5.58. The Morgan fingerprint density at radius 3 is 2.65 bits per heavy atom. The monoisotopic (exact) mass is 454 g/mol. The Morgan fingerprint density at radius 1 is 1.29 bits per heavy atom. The van der Waals surface area contributed by atoms with Gasteiger partial charge in [-0.25, -0.2) is 0 Å². The molecule has 2 aromatic rings. The smallest absolute Gasteiger partial charge is 0.396 e. The van der Waals surface area contributed by atoms with Crippen molar-refractivity contribution in [1.82, 2.24) is 9.55 Å². The number of rotatable bonds is 13. The summed E-state index contributed by atoms with van der Waals surface area (Å²) in [6, 6.07) is 4.63. The Bertz CT molecular complexity index is 919. The van der Waals surface area contributed by atoms with Crippen molar-refractivity contribution < 1.29 is 24.4 Å². The average molecular weight is 455 g/mol. The summed E-state index contributed by atoms with van der Waals surface area (Å²) in [5.74, 6) is 0.430. The minimum atomic E-state index is -0.807. The van der Waals surface area contributed by atoms with Crippen LogP contribution in [0.2, 0.25) is 0 Å². The van der Waals surface area contributed by atoms with Crippen LogP contribution in [0.5, 0.6) is 5.75 Å². The maximum absolute atomic E-state index is 11.5. The summed E-state index contributed by atoms with van der Waals surface area (Å²) in [4.78, 5) is 25.9. The molecule has 170 valence electrons. The van der Waals surface area contributed by atoms with Gasteiger partial charge in [-0.3, -0.25) is 14.7 Å². The maximum Gasteiger partial charge on any atom is 0.396 e. The lowest BCUT2D eigenvalue weighted by Crippen LogP contribution is -2.17. The second-order valence-electron chi connectivity index (χ2n) is 6.81. The predicted octanol–water partition coefficient (Wildman–Crippen LogP) is 3.33. The largest absolute Gasteiger partial charge is 0.487 e. The molecule has 31 heavy (non-hydrogen) atoms. The number of nitrogens with zero attached hydrogens (tertiary/aromatic N) is 4. The van der Waals surface area contributed by atoms with Crippen LogP contribution in [0.15, 0.2) is 23.2 Å². The molecule has 0 aliphatic rings. The molecular formula is C19H26N4O7S. The van der Waals surface area contributed by atoms with Crippen LogP contribution in [0, 0.1) is 27.2 Å². The van der Waals surface area contributed by atoms with Crippen LogP contribution in [0.4, 0.5) is 11.5 Å². The number of aliphatic hydroxyl groups excluding tert-OH is 1. The van der Waals surface area contributed by atoms with Gasteiger partial charge in [-0.2, -0.15) is 0 Å². The van der Waals surface area contributed by atoms with Crippen molar-refractivity contribution in [2.24, 2.45) is 0 Å². The van der Waals surface area contributed by atoms with E-state index in [4.69, 9.17) is 9.47 Å². The highest BCUT2D eigenvalue weighted by Gasteiger charge is 2.27. The molecule has 2 rings (SSSR count). The van der Waals surface area contributed by atoms with E-state index in [9.17, 15) is 25.3 Å². The van der Waals surface area contributed by atoms with E-state index < -0.39 is 16.0 Å². The number of methoxy groups -OCH3 is 1. The number of ether oxygens (including phenoxy) is 2. The molecule has 0 aliphatic carbocycles. The van der Waals surface area contributed by atoms with E-state index in [-0.39, 0.29) is 41.2 Å². The summed E-state index contributed by atoms with van der Waals surface area (Å²) in [6.07, 6.45) is 0.884. The van der Waals surface area contributed by atoms with Gasteiger partial charge < -0.3 is 24.7 Å². The zero-order valence-corrected chi connectivity index (χ0v) is 18.5. The van der Waals surface area contributed by atoms with Gasteiger partial charge in [0.05, 0.1) is 30.8 Å². The molecule has 1 heterocycles. The highest BCUT2D eigenvalue weighted by atomic mass is 32.2. The van der Waals surface area contributed by atoms with Gasteiger partial charge in [-0.1, -0.05) is 31.2 Å². The molecule has 0 amide bonds. The molecule has 12 heteroatoms. The van der Waals surface area contributed by atoms with Crippen molar-refractivity contribution in [1.29, 1.82) is 0 Å². The second-order valence-corrected chi connectivity index (χ2v) is 7.82. The fraction of sp³-hybridized carbons (Fsp3) is 0.526. The van der Waals surface area contributed by atoms with Gasteiger partial charge in [0.2, 0.25) is 5.82 Å². The van der Waals surface area contributed by atoms with E-state index in [1.165, 1.54) is 13.2 Å². The first-order chi connectivity index (χ1) is 14.8. The zero-order chi connectivity index (χ0) is 23.0. The molecule has 0 saturated heterocycles. The van der Waals surface area contributed by atoms with Crippen molar-refractivity contribution >= 4 is 23.3 Å². The molecule has 1 aromatic heterocycles. The van der Waals surface area contributed by atoms with Crippen LogP contribution in [0.25, 0.3) is 0 Å². The van der Waals surface area contributed by atoms with E-state index in [0.717, 1.165) is 24.6 Å².